The molecule has 0 amide bonds. The molecule has 8 nitrogen and oxygen atoms in total. The number of nitrogens with one attached hydrogen (secondary N) is 1. The number of ketones is 1. The monoisotopic (exact) mass is 594 g/mol. The molecule has 5 aromatic rings. The first-order valence-electron chi connectivity index (χ1n) is 14.4. The van der Waals surface area contributed by atoms with Crippen molar-refractivity contribution in [3.05, 3.63) is 94.5 Å². The minimum atomic E-state index is -0.0448. The van der Waals surface area contributed by atoms with E-state index in [1.54, 1.807) is 7.11 Å². The van der Waals surface area contributed by atoms with E-state index in [1.807, 2.05) is 79.7 Å². The van der Waals surface area contributed by atoms with Crippen molar-refractivity contribution < 1.29 is 18.8 Å². The van der Waals surface area contributed by atoms with Gasteiger partial charge in [-0.25, -0.2) is 0 Å². The number of carbonyl (C=O) groups excluding carboxylic acids is 1. The lowest BCUT2D eigenvalue weighted by molar-refractivity contribution is 0.104. The normalized spacial score (nSPS) is 14.6. The van der Waals surface area contributed by atoms with Gasteiger partial charge in [-0.2, -0.15) is 0 Å². The largest absolute Gasteiger partial charge is 0.496 e. The Bertz CT molecular complexity index is 1830. The fourth-order valence-electron chi connectivity index (χ4n) is 6.10. The van der Waals surface area contributed by atoms with Gasteiger partial charge in [0.15, 0.2) is 11.5 Å². The smallest absolute Gasteiger partial charge is 0.196 e. The highest BCUT2D eigenvalue weighted by Crippen LogP contribution is 2.46. The van der Waals surface area contributed by atoms with Crippen LogP contribution in [-0.4, -0.2) is 55.7 Å². The average molecular weight is 595 g/mol. The molecule has 0 radical (unpaired) electrons. The summed E-state index contributed by atoms with van der Waals surface area (Å²) < 4.78 is 17.2. The number of halogens is 1. The molecule has 1 saturated heterocycles. The second-order valence-electron chi connectivity index (χ2n) is 10.7. The van der Waals surface area contributed by atoms with Gasteiger partial charge in [0.2, 0.25) is 0 Å². The molecule has 0 saturated carbocycles. The molecule has 9 heteroatoms. The van der Waals surface area contributed by atoms with Crippen LogP contribution in [-0.2, 0) is 6.54 Å². The highest BCUT2D eigenvalue weighted by atomic mass is 35.5. The molecule has 1 fully saturated rings. The Kier molecular flexibility index (Phi) is 7.16. The molecule has 4 aromatic carbocycles. The minimum Gasteiger partial charge on any atom is -0.496 e. The Balaban J connectivity index is 1.24. The SMILES string of the molecule is CCOc1ccc(Nc2cc(N3CCN(Cc4cc(Cl)ccc4OC)CC3)c3noc4c3c2C(=O)c2ccccc2-4)cc1. The highest BCUT2D eigenvalue weighted by Gasteiger charge is 2.34. The summed E-state index contributed by atoms with van der Waals surface area (Å²) in [5, 5.41) is 9.52. The molecule has 0 spiro atoms. The molecule has 218 valence electrons. The number of aromatic nitrogens is 1. The molecule has 1 aliphatic carbocycles. The van der Waals surface area contributed by atoms with Gasteiger partial charge >= 0.3 is 0 Å². The molecule has 1 aliphatic heterocycles. The number of ether oxygens (including phenoxy) is 2. The number of methoxy groups -OCH3 is 1. The Labute approximate surface area is 254 Å². The Hall–Kier alpha value is -4.53. The van der Waals surface area contributed by atoms with Crippen molar-refractivity contribution in [3.63, 3.8) is 0 Å². The first kappa shape index (κ1) is 27.3. The van der Waals surface area contributed by atoms with Crippen LogP contribution in [0.4, 0.5) is 17.1 Å². The molecule has 7 rings (SSSR count). The number of benzene rings is 4. The summed E-state index contributed by atoms with van der Waals surface area (Å²) in [5.74, 6) is 2.22. The molecule has 0 atom stereocenters. The maximum absolute atomic E-state index is 14.0. The van der Waals surface area contributed by atoms with Crippen LogP contribution in [0.25, 0.3) is 22.2 Å². The summed E-state index contributed by atoms with van der Waals surface area (Å²) in [6.45, 7) is 6.55. The van der Waals surface area contributed by atoms with Crippen LogP contribution < -0.4 is 19.7 Å². The van der Waals surface area contributed by atoms with Gasteiger partial charge in [-0.15, -0.1) is 0 Å². The van der Waals surface area contributed by atoms with Crippen molar-refractivity contribution in [3.8, 4) is 22.8 Å². The lowest BCUT2D eigenvalue weighted by Gasteiger charge is -2.36. The average Bonchev–Trinajstić information content (AvgIpc) is 3.47. The third kappa shape index (κ3) is 4.96. The van der Waals surface area contributed by atoms with E-state index in [2.05, 4.69) is 20.3 Å². The predicted octanol–water partition coefficient (Wildman–Crippen LogP) is 7.17. The Morgan fingerprint density at radius 3 is 2.49 bits per heavy atom. The summed E-state index contributed by atoms with van der Waals surface area (Å²) >= 11 is 6.28. The summed E-state index contributed by atoms with van der Waals surface area (Å²) in [6, 6.07) is 23.1. The number of hydrogen-bond donors (Lipinski definition) is 1. The third-order valence-electron chi connectivity index (χ3n) is 8.17. The number of anilines is 3. The fourth-order valence-corrected chi connectivity index (χ4v) is 6.29. The number of nitrogens with zero attached hydrogens (tertiary/aromatic N) is 3. The molecule has 0 bridgehead atoms. The van der Waals surface area contributed by atoms with Crippen LogP contribution in [0, 0.1) is 0 Å². The summed E-state index contributed by atoms with van der Waals surface area (Å²) in [6.07, 6.45) is 0. The lowest BCUT2D eigenvalue weighted by atomic mass is 9.86. The van der Waals surface area contributed by atoms with E-state index < -0.39 is 0 Å². The van der Waals surface area contributed by atoms with Crippen molar-refractivity contribution >= 4 is 45.3 Å². The van der Waals surface area contributed by atoms with Crippen LogP contribution in [0.2, 0.25) is 5.02 Å². The van der Waals surface area contributed by atoms with Gasteiger partial charge in [-0.3, -0.25) is 9.69 Å². The molecule has 1 N–H and O–H groups in total. The van der Waals surface area contributed by atoms with Crippen molar-refractivity contribution in [2.45, 2.75) is 13.5 Å². The van der Waals surface area contributed by atoms with Gasteiger partial charge < -0.3 is 24.2 Å². The highest BCUT2D eigenvalue weighted by molar-refractivity contribution is 6.30. The van der Waals surface area contributed by atoms with Gasteiger partial charge in [0.25, 0.3) is 0 Å². The third-order valence-corrected chi connectivity index (χ3v) is 8.41. The van der Waals surface area contributed by atoms with E-state index in [4.69, 9.17) is 25.6 Å². The predicted molar refractivity (Wildman–Crippen MR) is 169 cm³/mol. The molecular formula is C34H31ClN4O4. The van der Waals surface area contributed by atoms with Crippen LogP contribution in [0.5, 0.6) is 11.5 Å². The van der Waals surface area contributed by atoms with Crippen molar-refractivity contribution in [2.75, 3.05) is 50.1 Å². The van der Waals surface area contributed by atoms with Crippen LogP contribution >= 0.6 is 11.6 Å². The number of rotatable bonds is 8. The fraction of sp³-hybridized carbons (Fsp3) is 0.235. The maximum atomic E-state index is 14.0. The zero-order valence-corrected chi connectivity index (χ0v) is 24.8. The number of hydrogen-bond acceptors (Lipinski definition) is 8. The standard InChI is InChI=1S/C34H31ClN4O4/c1-3-42-24-11-9-23(10-12-24)36-27-19-28(32-31-30(27)33(40)25-6-4-5-7-26(25)34(31)43-37-32)39-16-14-38(15-17-39)20-21-18-22(35)8-13-29(21)41-2/h4-13,18-19,36H,3,14-17,20H2,1-2H3. The number of carbonyl (C=O) groups is 1. The molecule has 0 unspecified atom stereocenters. The second-order valence-corrected chi connectivity index (χ2v) is 11.2. The molecule has 43 heavy (non-hydrogen) atoms. The zero-order chi connectivity index (χ0) is 29.5. The molecule has 1 aromatic heterocycles. The van der Waals surface area contributed by atoms with Crippen molar-refractivity contribution in [2.24, 2.45) is 0 Å². The van der Waals surface area contributed by atoms with Gasteiger partial charge in [0.05, 0.1) is 36.0 Å². The van der Waals surface area contributed by atoms with Gasteiger partial charge in [0, 0.05) is 60.1 Å². The van der Waals surface area contributed by atoms with E-state index >= 15 is 0 Å². The van der Waals surface area contributed by atoms with Crippen molar-refractivity contribution in [1.82, 2.24) is 10.1 Å². The summed E-state index contributed by atoms with van der Waals surface area (Å²) in [7, 11) is 1.68. The zero-order valence-electron chi connectivity index (χ0n) is 24.0. The van der Waals surface area contributed by atoms with E-state index in [0.717, 1.165) is 77.8 Å². The number of fused-ring (bicyclic) bond motifs is 2. The molecule has 2 aliphatic rings. The first-order valence-corrected chi connectivity index (χ1v) is 14.8. The molecule has 2 heterocycles. The lowest BCUT2D eigenvalue weighted by Crippen LogP contribution is -2.46. The van der Waals surface area contributed by atoms with Crippen LogP contribution in [0.1, 0.15) is 28.4 Å². The summed E-state index contributed by atoms with van der Waals surface area (Å²) in [4.78, 5) is 18.7. The maximum Gasteiger partial charge on any atom is 0.196 e. The first-order chi connectivity index (χ1) is 21.0. The molecular weight excluding hydrogens is 564 g/mol. The van der Waals surface area contributed by atoms with Gasteiger partial charge in [0.1, 0.15) is 17.0 Å². The minimum absolute atomic E-state index is 0.0448. The number of piperazine rings is 1. The Morgan fingerprint density at radius 2 is 1.74 bits per heavy atom. The topological polar surface area (TPSA) is 80.1 Å². The summed E-state index contributed by atoms with van der Waals surface area (Å²) in [5.41, 5.74) is 6.25. The van der Waals surface area contributed by atoms with E-state index in [1.165, 1.54) is 0 Å². The Morgan fingerprint density at radius 1 is 0.977 bits per heavy atom. The van der Waals surface area contributed by atoms with E-state index in [9.17, 15) is 4.79 Å². The van der Waals surface area contributed by atoms with Gasteiger partial charge in [-0.05, 0) is 55.5 Å². The quantitative estimate of drug-likeness (QED) is 0.199. The van der Waals surface area contributed by atoms with Crippen LogP contribution in [0.3, 0.4) is 0 Å². The van der Waals surface area contributed by atoms with E-state index in [-0.39, 0.29) is 5.78 Å². The van der Waals surface area contributed by atoms with Crippen LogP contribution in [0.15, 0.2) is 77.3 Å². The van der Waals surface area contributed by atoms with Crippen molar-refractivity contribution in [1.29, 1.82) is 0 Å². The van der Waals surface area contributed by atoms with Gasteiger partial charge in [-0.1, -0.05) is 41.0 Å². The van der Waals surface area contributed by atoms with E-state index in [0.29, 0.717) is 34.0 Å². The second kappa shape index (κ2) is 11.3.